The Bertz CT molecular complexity index is 618. The van der Waals surface area contributed by atoms with E-state index in [-0.39, 0.29) is 0 Å². The van der Waals surface area contributed by atoms with Crippen LogP contribution in [0.4, 0.5) is 0 Å². The lowest BCUT2D eigenvalue weighted by Gasteiger charge is -1.89. The first-order valence-corrected chi connectivity index (χ1v) is 5.59. The number of rotatable bonds is 2. The minimum Gasteiger partial charge on any atom is -0.306 e. The van der Waals surface area contributed by atoms with Gasteiger partial charge in [-0.05, 0) is 23.8 Å². The Hall–Kier alpha value is -2.35. The third-order valence-electron chi connectivity index (χ3n) is 2.63. The number of imidazole rings is 1. The van der Waals surface area contributed by atoms with Crippen LogP contribution in [-0.2, 0) is 0 Å². The molecule has 3 rings (SSSR count). The third-order valence-corrected chi connectivity index (χ3v) is 2.63. The monoisotopic (exact) mass is 220 g/mol. The third kappa shape index (κ3) is 2.11. The number of hydrogen-bond acceptors (Lipinski definition) is 1. The molecule has 0 aliphatic heterocycles. The number of nitrogens with zero attached hydrogens (tertiary/aromatic N) is 2. The van der Waals surface area contributed by atoms with Gasteiger partial charge in [0.2, 0.25) is 0 Å². The van der Waals surface area contributed by atoms with Crippen LogP contribution in [0, 0.1) is 0 Å². The van der Waals surface area contributed by atoms with Crippen LogP contribution in [0.2, 0.25) is 0 Å². The Morgan fingerprint density at radius 3 is 2.53 bits per heavy atom. The van der Waals surface area contributed by atoms with Gasteiger partial charge in [0.25, 0.3) is 0 Å². The van der Waals surface area contributed by atoms with Gasteiger partial charge < -0.3 is 4.40 Å². The number of fused-ring (bicyclic) bond motifs is 1. The summed E-state index contributed by atoms with van der Waals surface area (Å²) in [6.07, 6.45) is 8.13. The van der Waals surface area contributed by atoms with Crippen LogP contribution >= 0.6 is 0 Å². The highest BCUT2D eigenvalue weighted by atomic mass is 15.0. The Kier molecular flexibility index (Phi) is 2.47. The van der Waals surface area contributed by atoms with Gasteiger partial charge in [0.1, 0.15) is 5.65 Å². The topological polar surface area (TPSA) is 17.3 Å². The van der Waals surface area contributed by atoms with Gasteiger partial charge in [0, 0.05) is 12.4 Å². The van der Waals surface area contributed by atoms with Crippen LogP contribution in [-0.4, -0.2) is 9.38 Å². The SMILES string of the molecule is C(=Cc1cn2ccccc2n1)c1ccccc1. The van der Waals surface area contributed by atoms with Gasteiger partial charge in [0.05, 0.1) is 5.69 Å². The maximum Gasteiger partial charge on any atom is 0.137 e. The van der Waals surface area contributed by atoms with Crippen molar-refractivity contribution >= 4 is 17.8 Å². The van der Waals surface area contributed by atoms with Gasteiger partial charge in [-0.15, -0.1) is 0 Å². The van der Waals surface area contributed by atoms with E-state index in [0.717, 1.165) is 11.3 Å². The second kappa shape index (κ2) is 4.26. The minimum absolute atomic E-state index is 0.972. The molecule has 0 atom stereocenters. The van der Waals surface area contributed by atoms with Gasteiger partial charge in [-0.25, -0.2) is 4.98 Å². The molecule has 0 radical (unpaired) electrons. The average molecular weight is 220 g/mol. The maximum atomic E-state index is 4.50. The number of aromatic nitrogens is 2. The van der Waals surface area contributed by atoms with E-state index in [1.165, 1.54) is 5.56 Å². The maximum absolute atomic E-state index is 4.50. The Labute approximate surface area is 99.9 Å². The van der Waals surface area contributed by atoms with E-state index in [4.69, 9.17) is 0 Å². The molecule has 0 spiro atoms. The van der Waals surface area contributed by atoms with Crippen molar-refractivity contribution < 1.29 is 0 Å². The summed E-state index contributed by atoms with van der Waals surface area (Å²) < 4.78 is 2.02. The molecule has 3 aromatic rings. The molecule has 0 amide bonds. The van der Waals surface area contributed by atoms with Gasteiger partial charge in [-0.2, -0.15) is 0 Å². The van der Waals surface area contributed by atoms with Crippen molar-refractivity contribution in [2.75, 3.05) is 0 Å². The van der Waals surface area contributed by atoms with E-state index in [2.05, 4.69) is 23.2 Å². The number of pyridine rings is 1. The van der Waals surface area contributed by atoms with Gasteiger partial charge in [-0.3, -0.25) is 0 Å². The smallest absolute Gasteiger partial charge is 0.137 e. The van der Waals surface area contributed by atoms with Crippen molar-refractivity contribution in [1.82, 2.24) is 9.38 Å². The molecule has 0 saturated carbocycles. The predicted molar refractivity (Wildman–Crippen MR) is 70.6 cm³/mol. The number of hydrogen-bond donors (Lipinski definition) is 0. The zero-order valence-corrected chi connectivity index (χ0v) is 9.32. The summed E-state index contributed by atoms with van der Waals surface area (Å²) in [5.74, 6) is 0. The molecule has 0 saturated heterocycles. The lowest BCUT2D eigenvalue weighted by atomic mass is 10.2. The fourth-order valence-corrected chi connectivity index (χ4v) is 1.78. The van der Waals surface area contributed by atoms with Crippen LogP contribution in [0.25, 0.3) is 17.8 Å². The fourth-order valence-electron chi connectivity index (χ4n) is 1.78. The zero-order chi connectivity index (χ0) is 11.5. The standard InChI is InChI=1S/C15H12N2/c1-2-6-13(7-3-1)9-10-14-12-17-11-5-4-8-15(17)16-14/h1-12H. The molecule has 0 unspecified atom stereocenters. The summed E-state index contributed by atoms with van der Waals surface area (Å²) in [6, 6.07) is 16.2. The first kappa shape index (κ1) is 9.85. The molecule has 0 fully saturated rings. The normalized spacial score (nSPS) is 11.3. The molecule has 82 valence electrons. The molecule has 0 N–H and O–H groups in total. The second-order valence-electron chi connectivity index (χ2n) is 3.88. The molecule has 1 aromatic carbocycles. The quantitative estimate of drug-likeness (QED) is 0.646. The van der Waals surface area contributed by atoms with Crippen LogP contribution in [0.15, 0.2) is 60.9 Å². The van der Waals surface area contributed by atoms with Gasteiger partial charge in [-0.1, -0.05) is 42.5 Å². The molecule has 2 heteroatoms. The highest BCUT2D eigenvalue weighted by Crippen LogP contribution is 2.09. The zero-order valence-electron chi connectivity index (χ0n) is 9.32. The van der Waals surface area contributed by atoms with Crippen LogP contribution in [0.3, 0.4) is 0 Å². The Morgan fingerprint density at radius 1 is 0.882 bits per heavy atom. The van der Waals surface area contributed by atoms with Gasteiger partial charge >= 0.3 is 0 Å². The highest BCUT2D eigenvalue weighted by molar-refractivity contribution is 5.68. The first-order chi connectivity index (χ1) is 8.42. The van der Waals surface area contributed by atoms with E-state index in [0.29, 0.717) is 0 Å². The molecule has 2 aromatic heterocycles. The summed E-state index contributed by atoms with van der Waals surface area (Å²) in [4.78, 5) is 4.50. The lowest BCUT2D eigenvalue weighted by Crippen LogP contribution is -1.77. The average Bonchev–Trinajstić information content (AvgIpc) is 2.80. The first-order valence-electron chi connectivity index (χ1n) is 5.59. The largest absolute Gasteiger partial charge is 0.306 e. The molecular weight excluding hydrogens is 208 g/mol. The molecule has 17 heavy (non-hydrogen) atoms. The van der Waals surface area contributed by atoms with Crippen molar-refractivity contribution in [2.45, 2.75) is 0 Å². The molecule has 0 aliphatic carbocycles. The van der Waals surface area contributed by atoms with Crippen molar-refractivity contribution in [2.24, 2.45) is 0 Å². The predicted octanol–water partition coefficient (Wildman–Crippen LogP) is 3.50. The number of benzene rings is 1. The van der Waals surface area contributed by atoms with Crippen molar-refractivity contribution in [3.05, 3.63) is 72.2 Å². The molecule has 2 nitrogen and oxygen atoms in total. The van der Waals surface area contributed by atoms with Crippen LogP contribution < -0.4 is 0 Å². The minimum atomic E-state index is 0.972. The van der Waals surface area contributed by atoms with Crippen LogP contribution in [0.5, 0.6) is 0 Å². The summed E-state index contributed by atoms with van der Waals surface area (Å²) in [7, 11) is 0. The van der Waals surface area contributed by atoms with Crippen molar-refractivity contribution in [1.29, 1.82) is 0 Å². The molecular formula is C15H12N2. The van der Waals surface area contributed by atoms with Gasteiger partial charge in [0.15, 0.2) is 0 Å². The van der Waals surface area contributed by atoms with Crippen molar-refractivity contribution in [3.63, 3.8) is 0 Å². The van der Waals surface area contributed by atoms with Crippen LogP contribution in [0.1, 0.15) is 11.3 Å². The fraction of sp³-hybridized carbons (Fsp3) is 0. The Balaban J connectivity index is 1.92. The van der Waals surface area contributed by atoms with E-state index in [1.807, 2.05) is 59.3 Å². The van der Waals surface area contributed by atoms with Crippen molar-refractivity contribution in [3.8, 4) is 0 Å². The summed E-state index contributed by atoms with van der Waals surface area (Å²) >= 11 is 0. The second-order valence-corrected chi connectivity index (χ2v) is 3.88. The Morgan fingerprint density at radius 2 is 1.71 bits per heavy atom. The summed E-state index contributed by atoms with van der Waals surface area (Å²) in [6.45, 7) is 0. The van der Waals surface area contributed by atoms with E-state index < -0.39 is 0 Å². The summed E-state index contributed by atoms with van der Waals surface area (Å²) in [5.41, 5.74) is 3.13. The molecule has 0 bridgehead atoms. The highest BCUT2D eigenvalue weighted by Gasteiger charge is 1.96. The van der Waals surface area contributed by atoms with E-state index >= 15 is 0 Å². The molecule has 2 heterocycles. The van der Waals surface area contributed by atoms with E-state index in [1.54, 1.807) is 0 Å². The lowest BCUT2D eigenvalue weighted by molar-refractivity contribution is 1.19. The molecule has 0 aliphatic rings. The summed E-state index contributed by atoms with van der Waals surface area (Å²) in [5, 5.41) is 0. The van der Waals surface area contributed by atoms with E-state index in [9.17, 15) is 0 Å².